The van der Waals surface area contributed by atoms with Crippen LogP contribution in [0, 0.1) is 11.8 Å². The molecule has 220 valence electrons. The Morgan fingerprint density at radius 1 is 0.476 bits per heavy atom. The number of benzene rings is 4. The zero-order valence-corrected chi connectivity index (χ0v) is 22.9. The first-order chi connectivity index (χ1) is 19.9. The normalized spacial score (nSPS) is 20.6. The molecule has 4 aromatic carbocycles. The number of hydrogen-bond donors (Lipinski definition) is 8. The van der Waals surface area contributed by atoms with Gasteiger partial charge in [-0.05, 0) is 48.2 Å². The Morgan fingerprint density at radius 2 is 0.857 bits per heavy atom. The lowest BCUT2D eigenvalue weighted by Crippen LogP contribution is -2.23. The van der Waals surface area contributed by atoms with Gasteiger partial charge >= 0.3 is 0 Å². The second kappa shape index (κ2) is 11.0. The van der Waals surface area contributed by atoms with E-state index in [-0.39, 0.29) is 70.0 Å². The van der Waals surface area contributed by atoms with E-state index in [0.717, 1.165) is 11.1 Å². The van der Waals surface area contributed by atoms with Crippen molar-refractivity contribution in [1.82, 2.24) is 0 Å². The van der Waals surface area contributed by atoms with E-state index in [4.69, 9.17) is 9.47 Å². The molecule has 0 saturated carbocycles. The van der Waals surface area contributed by atoms with Crippen LogP contribution in [0.15, 0.2) is 60.7 Å². The first-order valence-corrected chi connectivity index (χ1v) is 13.4. The summed E-state index contributed by atoms with van der Waals surface area (Å²) >= 11 is 0. The van der Waals surface area contributed by atoms with Crippen molar-refractivity contribution in [1.29, 1.82) is 0 Å². The molecule has 2 aliphatic heterocycles. The molecule has 0 aromatic heterocycles. The molecule has 0 bridgehead atoms. The number of phenolic OH excluding ortho intramolecular Hbond substituents is 8. The van der Waals surface area contributed by atoms with Crippen LogP contribution in [0.1, 0.15) is 48.3 Å². The van der Waals surface area contributed by atoms with E-state index in [1.165, 1.54) is 48.5 Å². The van der Waals surface area contributed by atoms with Crippen molar-refractivity contribution in [2.24, 2.45) is 11.8 Å². The van der Waals surface area contributed by atoms with Gasteiger partial charge in [0, 0.05) is 47.2 Å². The highest BCUT2D eigenvalue weighted by Crippen LogP contribution is 2.46. The van der Waals surface area contributed by atoms with Gasteiger partial charge in [0.25, 0.3) is 0 Å². The third-order valence-electron chi connectivity index (χ3n) is 7.59. The summed E-state index contributed by atoms with van der Waals surface area (Å²) in [4.78, 5) is 0. The highest BCUT2D eigenvalue weighted by molar-refractivity contribution is 5.53. The van der Waals surface area contributed by atoms with Gasteiger partial charge < -0.3 is 50.3 Å². The van der Waals surface area contributed by atoms with Gasteiger partial charge in [-0.15, -0.1) is 0 Å². The maximum absolute atomic E-state index is 9.88. The second-order valence-corrected chi connectivity index (χ2v) is 10.8. The lowest BCUT2D eigenvalue weighted by Gasteiger charge is -2.32. The summed E-state index contributed by atoms with van der Waals surface area (Å²) < 4.78 is 11.7. The summed E-state index contributed by atoms with van der Waals surface area (Å²) in [6, 6.07) is 14.6. The predicted octanol–water partition coefficient (Wildman–Crippen LogP) is 5.64. The Balaban J connectivity index is 0.000000168. The van der Waals surface area contributed by atoms with Gasteiger partial charge in [-0.1, -0.05) is 26.0 Å². The van der Waals surface area contributed by atoms with Crippen molar-refractivity contribution >= 4 is 0 Å². The SMILES string of the molecule is C[C@@H]1Cc2c(O)cc(O)cc2O[C@H]1c1ccc(O)c(O)c1.C[C@H]1Cc2c(O)cc(O)cc2O[C@H]1c1ccc(O)c(O)c1. The van der Waals surface area contributed by atoms with Crippen LogP contribution in [-0.2, 0) is 12.8 Å². The van der Waals surface area contributed by atoms with Gasteiger partial charge in [-0.3, -0.25) is 0 Å². The maximum atomic E-state index is 9.88. The van der Waals surface area contributed by atoms with Gasteiger partial charge in [-0.2, -0.15) is 0 Å². The first-order valence-electron chi connectivity index (χ1n) is 13.4. The number of hydrogen-bond acceptors (Lipinski definition) is 10. The fourth-order valence-corrected chi connectivity index (χ4v) is 5.45. The number of fused-ring (bicyclic) bond motifs is 2. The molecule has 10 heteroatoms. The van der Waals surface area contributed by atoms with Gasteiger partial charge in [0.2, 0.25) is 0 Å². The molecule has 0 aliphatic carbocycles. The molecule has 2 heterocycles. The maximum Gasteiger partial charge on any atom is 0.157 e. The summed E-state index contributed by atoms with van der Waals surface area (Å²) in [5.41, 5.74) is 2.79. The highest BCUT2D eigenvalue weighted by atomic mass is 16.5. The average Bonchev–Trinajstić information content (AvgIpc) is 2.92. The third-order valence-corrected chi connectivity index (χ3v) is 7.59. The van der Waals surface area contributed by atoms with Gasteiger partial charge in [-0.25, -0.2) is 0 Å². The molecular formula is C32H32O10. The Hall–Kier alpha value is -5.12. The third kappa shape index (κ3) is 5.56. The number of phenols is 8. The molecule has 10 nitrogen and oxygen atoms in total. The number of ether oxygens (including phenoxy) is 2. The van der Waals surface area contributed by atoms with Crippen molar-refractivity contribution in [3.05, 3.63) is 82.9 Å². The molecular weight excluding hydrogens is 544 g/mol. The van der Waals surface area contributed by atoms with E-state index in [1.807, 2.05) is 13.8 Å². The zero-order valence-electron chi connectivity index (χ0n) is 22.9. The molecule has 4 aromatic rings. The Labute approximate surface area is 241 Å². The summed E-state index contributed by atoms with van der Waals surface area (Å²) in [5.74, 6) is 0.144. The van der Waals surface area contributed by atoms with E-state index in [0.29, 0.717) is 35.5 Å². The molecule has 4 atom stereocenters. The molecule has 2 aliphatic rings. The molecule has 0 fully saturated rings. The van der Waals surface area contributed by atoms with E-state index in [2.05, 4.69) is 0 Å². The highest BCUT2D eigenvalue weighted by Gasteiger charge is 2.32. The van der Waals surface area contributed by atoms with Gasteiger partial charge in [0.05, 0.1) is 0 Å². The van der Waals surface area contributed by atoms with E-state index in [9.17, 15) is 40.9 Å². The summed E-state index contributed by atoms with van der Waals surface area (Å²) in [7, 11) is 0. The van der Waals surface area contributed by atoms with Crippen LogP contribution in [0.2, 0.25) is 0 Å². The minimum Gasteiger partial charge on any atom is -0.508 e. The van der Waals surface area contributed by atoms with Crippen LogP contribution in [-0.4, -0.2) is 40.9 Å². The van der Waals surface area contributed by atoms with Crippen molar-refractivity contribution in [2.45, 2.75) is 38.9 Å². The Bertz CT molecular complexity index is 1510. The molecule has 0 unspecified atom stereocenters. The van der Waals surface area contributed by atoms with E-state index >= 15 is 0 Å². The Kier molecular flexibility index (Phi) is 7.47. The van der Waals surface area contributed by atoms with Crippen molar-refractivity contribution < 1.29 is 50.3 Å². The summed E-state index contributed by atoms with van der Waals surface area (Å²) in [5, 5.41) is 76.9. The quantitative estimate of drug-likeness (QED) is 0.139. The van der Waals surface area contributed by atoms with Crippen LogP contribution in [0.25, 0.3) is 0 Å². The fourth-order valence-electron chi connectivity index (χ4n) is 5.45. The van der Waals surface area contributed by atoms with Gasteiger partial charge in [0.1, 0.15) is 46.7 Å². The summed E-state index contributed by atoms with van der Waals surface area (Å²) in [6.07, 6.45) is 0.525. The predicted molar refractivity (Wildman–Crippen MR) is 152 cm³/mol. The molecule has 8 N–H and O–H groups in total. The minimum atomic E-state index is -0.329. The molecule has 0 spiro atoms. The van der Waals surface area contributed by atoms with E-state index in [1.54, 1.807) is 12.1 Å². The Morgan fingerprint density at radius 3 is 1.21 bits per heavy atom. The molecule has 42 heavy (non-hydrogen) atoms. The van der Waals surface area contributed by atoms with Crippen LogP contribution < -0.4 is 9.47 Å². The number of rotatable bonds is 2. The smallest absolute Gasteiger partial charge is 0.157 e. The number of aromatic hydroxyl groups is 8. The second-order valence-electron chi connectivity index (χ2n) is 10.8. The topological polar surface area (TPSA) is 180 Å². The van der Waals surface area contributed by atoms with Crippen LogP contribution in [0.3, 0.4) is 0 Å². The summed E-state index contributed by atoms with van der Waals surface area (Å²) in [6.45, 7) is 3.95. The van der Waals surface area contributed by atoms with Crippen LogP contribution in [0.5, 0.6) is 57.5 Å². The van der Waals surface area contributed by atoms with E-state index < -0.39 is 0 Å². The zero-order chi connectivity index (χ0) is 30.3. The lowest BCUT2D eigenvalue weighted by molar-refractivity contribution is 0.121. The first kappa shape index (κ1) is 28.4. The van der Waals surface area contributed by atoms with Crippen molar-refractivity contribution in [3.8, 4) is 57.5 Å². The fraction of sp³-hybridized carbons (Fsp3) is 0.250. The standard InChI is InChI=1S/2C16H16O5/c2*1-8-4-11-13(19)6-10(17)7-15(11)21-16(8)9-2-3-12(18)14(20)5-9/h2*2-3,5-8,16-20H,4H2,1H3/t8-,16+;8-,16-/m01/s1. The van der Waals surface area contributed by atoms with Gasteiger partial charge in [0.15, 0.2) is 23.0 Å². The molecule has 0 amide bonds. The largest absolute Gasteiger partial charge is 0.508 e. The monoisotopic (exact) mass is 576 g/mol. The lowest BCUT2D eigenvalue weighted by atomic mass is 9.87. The van der Waals surface area contributed by atoms with Crippen LogP contribution >= 0.6 is 0 Å². The molecule has 0 saturated heterocycles. The average molecular weight is 577 g/mol. The van der Waals surface area contributed by atoms with Crippen LogP contribution in [0.4, 0.5) is 0 Å². The van der Waals surface area contributed by atoms with Crippen molar-refractivity contribution in [3.63, 3.8) is 0 Å². The molecule has 0 radical (unpaired) electrons. The molecule has 6 rings (SSSR count). The van der Waals surface area contributed by atoms with Crippen molar-refractivity contribution in [2.75, 3.05) is 0 Å². The minimum absolute atomic E-state index is 0.0175.